The molecule has 0 aliphatic heterocycles. The van der Waals surface area contributed by atoms with Gasteiger partial charge in [-0.2, -0.15) is 4.98 Å². The molecular formula is C11H20N2O2. The summed E-state index contributed by atoms with van der Waals surface area (Å²) in [6.07, 6.45) is 3.70. The van der Waals surface area contributed by atoms with Gasteiger partial charge in [0.05, 0.1) is 0 Å². The van der Waals surface area contributed by atoms with Crippen LogP contribution < -0.4 is 0 Å². The Morgan fingerprint density at radius 2 is 1.93 bits per heavy atom. The molecule has 0 aliphatic carbocycles. The van der Waals surface area contributed by atoms with Crippen LogP contribution in [0, 0.1) is 0 Å². The number of nitrogens with zero attached hydrogens (tertiary/aromatic N) is 2. The van der Waals surface area contributed by atoms with Crippen LogP contribution in [0.1, 0.15) is 51.7 Å². The van der Waals surface area contributed by atoms with Crippen molar-refractivity contribution in [3.05, 3.63) is 11.7 Å². The van der Waals surface area contributed by atoms with Crippen LogP contribution in [0.5, 0.6) is 0 Å². The van der Waals surface area contributed by atoms with E-state index in [9.17, 15) is 0 Å². The molecule has 4 heteroatoms. The Hall–Kier alpha value is -0.900. The minimum Gasteiger partial charge on any atom is -0.396 e. The van der Waals surface area contributed by atoms with Gasteiger partial charge in [-0.3, -0.25) is 0 Å². The molecule has 0 amide bonds. The van der Waals surface area contributed by atoms with E-state index >= 15 is 0 Å². The third-order valence-electron chi connectivity index (χ3n) is 2.17. The quantitative estimate of drug-likeness (QED) is 0.759. The highest BCUT2D eigenvalue weighted by Gasteiger charge is 2.21. The zero-order valence-electron chi connectivity index (χ0n) is 9.79. The summed E-state index contributed by atoms with van der Waals surface area (Å²) in [4.78, 5) is 4.34. The van der Waals surface area contributed by atoms with E-state index in [0.29, 0.717) is 5.89 Å². The fourth-order valence-electron chi connectivity index (χ4n) is 1.23. The van der Waals surface area contributed by atoms with Gasteiger partial charge in [-0.25, -0.2) is 0 Å². The Balaban J connectivity index is 2.40. The number of hydrogen-bond acceptors (Lipinski definition) is 4. The predicted molar refractivity (Wildman–Crippen MR) is 57.6 cm³/mol. The monoisotopic (exact) mass is 212 g/mol. The van der Waals surface area contributed by atoms with Gasteiger partial charge >= 0.3 is 0 Å². The van der Waals surface area contributed by atoms with E-state index in [1.165, 1.54) is 0 Å². The van der Waals surface area contributed by atoms with Gasteiger partial charge in [0.25, 0.3) is 0 Å². The van der Waals surface area contributed by atoms with Gasteiger partial charge < -0.3 is 9.63 Å². The first-order valence-electron chi connectivity index (χ1n) is 5.48. The topological polar surface area (TPSA) is 59.2 Å². The van der Waals surface area contributed by atoms with Gasteiger partial charge in [0.1, 0.15) is 0 Å². The molecule has 1 N–H and O–H groups in total. The highest BCUT2D eigenvalue weighted by Crippen LogP contribution is 2.19. The third kappa shape index (κ3) is 4.00. The Morgan fingerprint density at radius 1 is 1.20 bits per heavy atom. The second-order valence-corrected chi connectivity index (χ2v) is 4.80. The van der Waals surface area contributed by atoms with Crippen LogP contribution >= 0.6 is 0 Å². The molecule has 0 fully saturated rings. The molecule has 86 valence electrons. The Bertz CT molecular complexity index is 289. The molecule has 0 bridgehead atoms. The highest BCUT2D eigenvalue weighted by atomic mass is 16.5. The molecule has 0 aromatic carbocycles. The van der Waals surface area contributed by atoms with Crippen molar-refractivity contribution < 1.29 is 9.63 Å². The average molecular weight is 212 g/mol. The van der Waals surface area contributed by atoms with Crippen LogP contribution in [0.25, 0.3) is 0 Å². The molecule has 15 heavy (non-hydrogen) atoms. The molecule has 0 aliphatic rings. The smallest absolute Gasteiger partial charge is 0.232 e. The fraction of sp³-hybridized carbons (Fsp3) is 0.818. The van der Waals surface area contributed by atoms with E-state index in [-0.39, 0.29) is 12.0 Å². The summed E-state index contributed by atoms with van der Waals surface area (Å²) in [6.45, 7) is 6.42. The zero-order valence-corrected chi connectivity index (χ0v) is 9.79. The van der Waals surface area contributed by atoms with Crippen LogP contribution in [0.2, 0.25) is 0 Å². The number of aliphatic hydroxyl groups excluding tert-OH is 1. The molecule has 0 saturated heterocycles. The number of rotatable bonds is 5. The summed E-state index contributed by atoms with van der Waals surface area (Å²) in [7, 11) is 0. The molecule has 1 rings (SSSR count). The van der Waals surface area contributed by atoms with Crippen LogP contribution in [0.15, 0.2) is 4.52 Å². The Morgan fingerprint density at radius 3 is 2.47 bits per heavy atom. The summed E-state index contributed by atoms with van der Waals surface area (Å²) in [6, 6.07) is 0. The van der Waals surface area contributed by atoms with Crippen LogP contribution in [-0.2, 0) is 11.8 Å². The molecule has 0 saturated carbocycles. The van der Waals surface area contributed by atoms with Crippen molar-refractivity contribution in [2.45, 2.75) is 51.9 Å². The first-order chi connectivity index (χ1) is 7.04. The number of hydrogen-bond donors (Lipinski definition) is 1. The van der Waals surface area contributed by atoms with Crippen molar-refractivity contribution in [2.24, 2.45) is 0 Å². The maximum atomic E-state index is 8.62. The van der Waals surface area contributed by atoms with Gasteiger partial charge in [-0.1, -0.05) is 32.3 Å². The van der Waals surface area contributed by atoms with Gasteiger partial charge in [0.15, 0.2) is 5.82 Å². The lowest BCUT2D eigenvalue weighted by molar-refractivity contribution is 0.282. The second-order valence-electron chi connectivity index (χ2n) is 4.80. The summed E-state index contributed by atoms with van der Waals surface area (Å²) in [5.74, 6) is 1.47. The molecule has 4 nitrogen and oxygen atoms in total. The van der Waals surface area contributed by atoms with Crippen LogP contribution in [0.3, 0.4) is 0 Å². The highest BCUT2D eigenvalue weighted by molar-refractivity contribution is 4.98. The van der Waals surface area contributed by atoms with Crippen molar-refractivity contribution in [1.29, 1.82) is 0 Å². The number of unbranched alkanes of at least 4 members (excludes halogenated alkanes) is 2. The van der Waals surface area contributed by atoms with Crippen molar-refractivity contribution in [2.75, 3.05) is 6.61 Å². The van der Waals surface area contributed by atoms with Gasteiger partial charge in [0.2, 0.25) is 5.89 Å². The minimum atomic E-state index is -0.0731. The molecule has 0 radical (unpaired) electrons. The first kappa shape index (κ1) is 12.2. The molecule has 1 aromatic heterocycles. The summed E-state index contributed by atoms with van der Waals surface area (Å²) in [5.41, 5.74) is -0.0731. The molecule has 0 spiro atoms. The van der Waals surface area contributed by atoms with Crippen molar-refractivity contribution >= 4 is 0 Å². The standard InChI is InChI=1S/C11H20N2O2/c1-11(2,3)10-12-9(13-15-10)7-5-4-6-8-14/h14H,4-8H2,1-3H3. The molecule has 1 heterocycles. The van der Waals surface area contributed by atoms with Crippen molar-refractivity contribution in [3.63, 3.8) is 0 Å². The molecule has 0 unspecified atom stereocenters. The molecular weight excluding hydrogens is 192 g/mol. The summed E-state index contributed by atoms with van der Waals surface area (Å²) in [5, 5.41) is 12.6. The van der Waals surface area contributed by atoms with E-state index in [0.717, 1.165) is 31.5 Å². The Kier molecular flexibility index (Phi) is 4.27. The lowest BCUT2D eigenvalue weighted by Crippen LogP contribution is -2.11. The second kappa shape index (κ2) is 5.26. The zero-order chi connectivity index (χ0) is 11.3. The largest absolute Gasteiger partial charge is 0.396 e. The summed E-state index contributed by atoms with van der Waals surface area (Å²) >= 11 is 0. The lowest BCUT2D eigenvalue weighted by Gasteiger charge is -2.10. The van der Waals surface area contributed by atoms with E-state index in [1.807, 2.05) is 0 Å². The Labute approximate surface area is 90.7 Å². The maximum absolute atomic E-state index is 8.62. The van der Waals surface area contributed by atoms with Crippen molar-refractivity contribution in [1.82, 2.24) is 10.1 Å². The van der Waals surface area contributed by atoms with Gasteiger partial charge in [-0.15, -0.1) is 0 Å². The van der Waals surface area contributed by atoms with Crippen LogP contribution in [0.4, 0.5) is 0 Å². The normalized spacial score (nSPS) is 12.0. The number of aliphatic hydroxyl groups is 1. The first-order valence-corrected chi connectivity index (χ1v) is 5.48. The lowest BCUT2D eigenvalue weighted by atomic mass is 9.97. The number of aryl methyl sites for hydroxylation is 1. The van der Waals surface area contributed by atoms with Gasteiger partial charge in [-0.05, 0) is 12.8 Å². The van der Waals surface area contributed by atoms with Crippen LogP contribution in [-0.4, -0.2) is 21.9 Å². The molecule has 0 atom stereocenters. The molecule has 1 aromatic rings. The summed E-state index contributed by atoms with van der Waals surface area (Å²) < 4.78 is 5.18. The van der Waals surface area contributed by atoms with E-state index in [1.54, 1.807) is 0 Å². The fourth-order valence-corrected chi connectivity index (χ4v) is 1.23. The van der Waals surface area contributed by atoms with Crippen molar-refractivity contribution in [3.8, 4) is 0 Å². The predicted octanol–water partition coefficient (Wildman–Crippen LogP) is 2.07. The number of aromatic nitrogens is 2. The SMILES string of the molecule is CC(C)(C)c1nc(CCCCCO)no1. The van der Waals surface area contributed by atoms with E-state index in [4.69, 9.17) is 9.63 Å². The van der Waals surface area contributed by atoms with Gasteiger partial charge in [0, 0.05) is 18.4 Å². The van der Waals surface area contributed by atoms with E-state index in [2.05, 4.69) is 30.9 Å². The van der Waals surface area contributed by atoms with E-state index < -0.39 is 0 Å². The maximum Gasteiger partial charge on any atom is 0.232 e. The minimum absolute atomic E-state index is 0.0731. The third-order valence-corrected chi connectivity index (χ3v) is 2.17. The average Bonchev–Trinajstić information content (AvgIpc) is 2.60.